The van der Waals surface area contributed by atoms with Crippen LogP contribution in [-0.4, -0.2) is 126 Å². The summed E-state index contributed by atoms with van der Waals surface area (Å²) in [5.74, 6) is 3.34. The second-order valence-electron chi connectivity index (χ2n) is 17.4. The number of hydrogen-bond donors (Lipinski definition) is 1. The second-order valence-corrected chi connectivity index (χ2v) is 21.7. The van der Waals surface area contributed by atoms with Gasteiger partial charge >= 0.3 is 0 Å². The lowest BCUT2D eigenvalue weighted by molar-refractivity contribution is 0.169. The number of hydrogen-bond acceptors (Lipinski definition) is 16. The average Bonchev–Trinajstić information content (AvgIpc) is 3.90. The number of pyridine rings is 2. The molecule has 0 saturated carbocycles. The minimum absolute atomic E-state index is 0.232. The molecule has 1 N–H and O–H groups in total. The van der Waals surface area contributed by atoms with E-state index in [0.717, 1.165) is 127 Å². The zero-order valence-electron chi connectivity index (χ0n) is 39.6. The second kappa shape index (κ2) is 23.1. The lowest BCUT2D eigenvalue weighted by atomic mass is 9.94. The maximum absolute atomic E-state index is 11.4. The number of nitrogens with zero attached hydrogens (tertiary/aromatic N) is 11. The van der Waals surface area contributed by atoms with Crippen LogP contribution < -0.4 is 14.8 Å². The van der Waals surface area contributed by atoms with Gasteiger partial charge < -0.3 is 19.7 Å². The quantitative estimate of drug-likeness (QED) is 0.134. The van der Waals surface area contributed by atoms with Crippen molar-refractivity contribution in [3.8, 4) is 46.2 Å². The molecule has 0 bridgehead atoms. The summed E-state index contributed by atoms with van der Waals surface area (Å²) in [4.78, 5) is 11.2. The molecule has 2 fully saturated rings. The summed E-state index contributed by atoms with van der Waals surface area (Å²) in [5, 5.41) is 39.2. The lowest BCUT2D eigenvalue weighted by Gasteiger charge is -2.31. The Morgan fingerprint density at radius 2 is 1.18 bits per heavy atom. The van der Waals surface area contributed by atoms with E-state index in [4.69, 9.17) is 9.47 Å². The minimum atomic E-state index is -2.91. The zero-order chi connectivity index (χ0) is 49.0. The number of nitrogens with one attached hydrogen (secondary N) is 1. The van der Waals surface area contributed by atoms with Gasteiger partial charge in [-0.05, 0) is 150 Å². The number of fused-ring (bicyclic) bond motifs is 2. The number of benzene rings is 2. The van der Waals surface area contributed by atoms with Gasteiger partial charge in [0.2, 0.25) is 0 Å². The highest BCUT2D eigenvalue weighted by molar-refractivity contribution is 7.93. The Balaban J connectivity index is 0.000000203. The smallest absolute Gasteiger partial charge is 0.170 e. The number of sulfone groups is 2. The summed E-state index contributed by atoms with van der Waals surface area (Å²) in [5.41, 5.74) is 8.52. The van der Waals surface area contributed by atoms with Crippen LogP contribution in [0.25, 0.3) is 44.6 Å². The molecule has 20 heteroatoms. The van der Waals surface area contributed by atoms with Gasteiger partial charge in [-0.3, -0.25) is 0 Å². The number of nitriles is 2. The summed E-state index contributed by atoms with van der Waals surface area (Å²) < 4.78 is 57.9. The molecule has 2 aliphatic rings. The molecule has 68 heavy (non-hydrogen) atoms. The molecule has 6 aromatic rings. The Morgan fingerprint density at radius 3 is 1.57 bits per heavy atom. The average molecular weight is 965 g/mol. The van der Waals surface area contributed by atoms with E-state index in [-0.39, 0.29) is 11.4 Å². The van der Waals surface area contributed by atoms with Gasteiger partial charge in [0, 0.05) is 49.7 Å². The Hall–Kier alpha value is -6.32. The third-order valence-electron chi connectivity index (χ3n) is 12.2. The van der Waals surface area contributed by atoms with Gasteiger partial charge in [-0.2, -0.15) is 10.5 Å². The normalized spacial score (nSPS) is 14.8. The van der Waals surface area contributed by atoms with Crippen LogP contribution in [0.4, 0.5) is 0 Å². The molecule has 0 unspecified atom stereocenters. The molecule has 2 saturated heterocycles. The van der Waals surface area contributed by atoms with E-state index in [1.54, 1.807) is 16.4 Å². The molecular formula is C48H60N12O6S2. The van der Waals surface area contributed by atoms with Crippen LogP contribution in [0.2, 0.25) is 0 Å². The van der Waals surface area contributed by atoms with Crippen LogP contribution in [0, 0.1) is 48.3 Å². The van der Waals surface area contributed by atoms with Crippen molar-refractivity contribution in [2.75, 3.05) is 64.2 Å². The standard InChI is InChI=1S/C24H30N6O3S.C21H24N6O.C3H6O2S/c1-17-14-19(20-15-22-24(21(16-25)26-20)27-28-29(22)2)4-5-23(17)33-12-8-18-6-9-30(10-7-18)11-13-34(3,31)32;1-14-11-16(3-4-20(14)28-10-7-15-5-8-23-9-6-15)17-12-19-21(18(13-22)24-17)25-26-27(19)2;1-3-6(2,4)5/h4-5,14-15,18H,6-13H2,1-3H3;3-4,11-12,15,23H,5-10H2,1-2H3;3H,1H2,2H3. The SMILES string of the molecule is C=CS(C)(=O)=O.Cc1cc(-c2cc3c(nnn3C)c(C#N)n2)ccc1OCCC1CCN(CCS(C)(=O)=O)CC1.Cc1cc(-c2cc3c(nnn3C)c(C#N)n2)ccc1OCCC1CCNCC1. The van der Waals surface area contributed by atoms with Gasteiger partial charge in [-0.1, -0.05) is 17.0 Å². The highest BCUT2D eigenvalue weighted by Gasteiger charge is 2.21. The molecule has 18 nitrogen and oxygen atoms in total. The first kappa shape index (κ1) is 51.1. The highest BCUT2D eigenvalue weighted by Crippen LogP contribution is 2.30. The number of ether oxygens (including phenoxy) is 2. The van der Waals surface area contributed by atoms with Crippen LogP contribution in [0.1, 0.15) is 61.0 Å². The van der Waals surface area contributed by atoms with E-state index in [1.807, 2.05) is 63.4 Å². The van der Waals surface area contributed by atoms with E-state index in [9.17, 15) is 27.4 Å². The molecule has 0 aliphatic carbocycles. The molecule has 8 rings (SSSR count). The van der Waals surface area contributed by atoms with Gasteiger partial charge in [0.25, 0.3) is 0 Å². The molecule has 0 amide bonds. The number of likely N-dealkylation sites (tertiary alicyclic amines) is 1. The first-order valence-corrected chi connectivity index (χ1v) is 26.6. The number of aromatic nitrogens is 8. The van der Waals surface area contributed by atoms with Gasteiger partial charge in [0.15, 0.2) is 21.2 Å². The van der Waals surface area contributed by atoms with Crippen molar-refractivity contribution in [1.29, 1.82) is 10.5 Å². The summed E-state index contributed by atoms with van der Waals surface area (Å²) in [6.07, 6.45) is 9.09. The number of aryl methyl sites for hydroxylation is 4. The fourth-order valence-electron chi connectivity index (χ4n) is 8.09. The molecule has 2 aromatic carbocycles. The minimum Gasteiger partial charge on any atom is -0.493 e. The third-order valence-corrected chi connectivity index (χ3v) is 13.7. The molecule has 0 spiro atoms. The van der Waals surface area contributed by atoms with E-state index in [2.05, 4.69) is 65.6 Å². The zero-order valence-corrected chi connectivity index (χ0v) is 41.3. The van der Waals surface area contributed by atoms with Crippen molar-refractivity contribution in [2.24, 2.45) is 25.9 Å². The topological polar surface area (TPSA) is 237 Å². The van der Waals surface area contributed by atoms with E-state index in [0.29, 0.717) is 41.5 Å². The first-order valence-electron chi connectivity index (χ1n) is 22.6. The molecule has 0 radical (unpaired) electrons. The van der Waals surface area contributed by atoms with E-state index < -0.39 is 19.7 Å². The van der Waals surface area contributed by atoms with E-state index >= 15 is 0 Å². The summed E-state index contributed by atoms with van der Waals surface area (Å²) in [6.45, 7) is 13.2. The Kier molecular flexibility index (Phi) is 17.4. The molecule has 6 heterocycles. The summed E-state index contributed by atoms with van der Waals surface area (Å²) in [6, 6.07) is 20.0. The molecule has 2 aliphatic heterocycles. The van der Waals surface area contributed by atoms with Gasteiger partial charge in [0.1, 0.15) is 44.5 Å². The van der Waals surface area contributed by atoms with Gasteiger partial charge in [-0.15, -0.1) is 10.2 Å². The van der Waals surface area contributed by atoms with Crippen molar-refractivity contribution < 1.29 is 26.3 Å². The number of piperidine rings is 2. The molecular weight excluding hydrogens is 905 g/mol. The molecule has 360 valence electrons. The molecule has 4 aromatic heterocycles. The Labute approximate surface area is 398 Å². The maximum atomic E-state index is 11.4. The largest absolute Gasteiger partial charge is 0.493 e. The Morgan fingerprint density at radius 1 is 0.735 bits per heavy atom. The Bertz CT molecular complexity index is 3020. The van der Waals surface area contributed by atoms with Crippen molar-refractivity contribution in [3.05, 3.63) is 83.0 Å². The fourth-order valence-corrected chi connectivity index (χ4v) is 8.68. The van der Waals surface area contributed by atoms with Crippen LogP contribution >= 0.6 is 0 Å². The van der Waals surface area contributed by atoms with Gasteiger partial charge in [0.05, 0.1) is 41.4 Å². The first-order chi connectivity index (χ1) is 32.4. The summed E-state index contributed by atoms with van der Waals surface area (Å²) in [7, 11) is -2.20. The molecule has 0 atom stereocenters. The number of rotatable bonds is 14. The van der Waals surface area contributed by atoms with Gasteiger partial charge in [-0.25, -0.2) is 36.2 Å². The van der Waals surface area contributed by atoms with Crippen molar-refractivity contribution >= 4 is 41.7 Å². The highest BCUT2D eigenvalue weighted by atomic mass is 32.2. The van der Waals surface area contributed by atoms with E-state index in [1.165, 1.54) is 19.1 Å². The van der Waals surface area contributed by atoms with Crippen LogP contribution in [0.5, 0.6) is 11.5 Å². The lowest BCUT2D eigenvalue weighted by Crippen LogP contribution is -2.37. The van der Waals surface area contributed by atoms with Crippen LogP contribution in [0.15, 0.2) is 60.5 Å². The predicted octanol–water partition coefficient (Wildman–Crippen LogP) is 5.89. The van der Waals surface area contributed by atoms with Crippen molar-refractivity contribution in [2.45, 2.75) is 52.4 Å². The predicted molar refractivity (Wildman–Crippen MR) is 262 cm³/mol. The maximum Gasteiger partial charge on any atom is 0.170 e. The third kappa shape index (κ3) is 14.1. The monoisotopic (exact) mass is 964 g/mol. The van der Waals surface area contributed by atoms with Crippen LogP contribution in [-0.2, 0) is 33.8 Å². The fraction of sp³-hybridized carbons (Fsp3) is 0.458. The van der Waals surface area contributed by atoms with Crippen LogP contribution in [0.3, 0.4) is 0 Å². The summed E-state index contributed by atoms with van der Waals surface area (Å²) >= 11 is 0. The van der Waals surface area contributed by atoms with Crippen molar-refractivity contribution in [1.82, 2.24) is 50.2 Å². The van der Waals surface area contributed by atoms with Crippen molar-refractivity contribution in [3.63, 3.8) is 0 Å².